The summed E-state index contributed by atoms with van der Waals surface area (Å²) in [5.41, 5.74) is -1.08. The van der Waals surface area contributed by atoms with Gasteiger partial charge in [0.25, 0.3) is 11.8 Å². The molecule has 1 aliphatic heterocycles. The largest absolute Gasteiger partial charge is 0.444 e. The Balaban J connectivity index is 1.75. The van der Waals surface area contributed by atoms with Gasteiger partial charge in [0, 0.05) is 24.3 Å². The maximum atomic E-state index is 14.4. The van der Waals surface area contributed by atoms with Crippen molar-refractivity contribution < 1.29 is 37.4 Å². The number of benzene rings is 2. The molecule has 13 heteroatoms. The van der Waals surface area contributed by atoms with Crippen molar-refractivity contribution in [1.29, 1.82) is 0 Å². The van der Waals surface area contributed by atoms with E-state index in [0.29, 0.717) is 11.1 Å². The first-order valence-corrected chi connectivity index (χ1v) is 15.2. The number of hydrogen-bond acceptors (Lipinski definition) is 7. The van der Waals surface area contributed by atoms with Crippen molar-refractivity contribution in [2.45, 2.75) is 58.8 Å². The number of imide groups is 1. The van der Waals surface area contributed by atoms with Crippen LogP contribution in [0.15, 0.2) is 91.2 Å². The van der Waals surface area contributed by atoms with E-state index in [4.69, 9.17) is 21.1 Å². The third kappa shape index (κ3) is 8.82. The molecule has 2 N–H and O–H groups in total. The third-order valence-corrected chi connectivity index (χ3v) is 7.18. The Kier molecular flexibility index (Phi) is 10.4. The highest BCUT2D eigenvalue weighted by molar-refractivity contribution is 6.29. The number of carbonyl (C=O) groups excluding carboxylic acids is 4. The summed E-state index contributed by atoms with van der Waals surface area (Å²) in [4.78, 5) is 58.8. The lowest BCUT2D eigenvalue weighted by molar-refractivity contribution is -0.132. The predicted octanol–water partition coefficient (Wildman–Crippen LogP) is 7.17. The van der Waals surface area contributed by atoms with Gasteiger partial charge >= 0.3 is 12.2 Å². The molecule has 0 aliphatic carbocycles. The first kappa shape index (κ1) is 35.7. The zero-order chi connectivity index (χ0) is 35.4. The van der Waals surface area contributed by atoms with Crippen LogP contribution in [0.5, 0.6) is 5.75 Å². The lowest BCUT2D eigenvalue weighted by Gasteiger charge is -2.35. The number of aromatic nitrogens is 1. The van der Waals surface area contributed by atoms with Crippen LogP contribution < -0.4 is 20.3 Å². The monoisotopic (exact) mass is 680 g/mol. The molecule has 10 nitrogen and oxygen atoms in total. The van der Waals surface area contributed by atoms with E-state index in [-0.39, 0.29) is 34.6 Å². The molecule has 2 aromatic carbocycles. The number of alkyl carbamates (subject to hydrolysis) is 1. The number of rotatable bonds is 10. The highest BCUT2D eigenvalue weighted by Crippen LogP contribution is 2.39. The van der Waals surface area contributed by atoms with Gasteiger partial charge in [0.15, 0.2) is 0 Å². The summed E-state index contributed by atoms with van der Waals surface area (Å²) < 4.78 is 39.0. The van der Waals surface area contributed by atoms with Crippen LogP contribution in [-0.2, 0) is 25.5 Å². The van der Waals surface area contributed by atoms with Gasteiger partial charge in [0.2, 0.25) is 5.91 Å². The highest BCUT2D eigenvalue weighted by atomic mass is 35.5. The highest BCUT2D eigenvalue weighted by Gasteiger charge is 2.41. The fraction of sp³-hybridized carbons (Fsp3) is 0.286. The van der Waals surface area contributed by atoms with E-state index in [1.54, 1.807) is 83.2 Å². The van der Waals surface area contributed by atoms with E-state index in [2.05, 4.69) is 22.2 Å². The zero-order valence-corrected chi connectivity index (χ0v) is 27.7. The van der Waals surface area contributed by atoms with Gasteiger partial charge in [-0.2, -0.15) is 8.78 Å². The standard InChI is InChI=1S/C35H35ClF2N4O6/c1-7-35(37,38)47-26-14-13-24(42-30(44)23(20-34(5,6)31(42)45)17-21-15-16-39-27(36)18-21)19-25(26)40-29(43)28(22-11-9-8-10-12-22)41-32(46)48-33(2,3)4/h7-16,18-20,28H,1,17H2,2-6H3,(H,40,43)(H,41,46)/t28-/m1/s1. The van der Waals surface area contributed by atoms with Crippen molar-refractivity contribution >= 4 is 46.8 Å². The molecular formula is C35H35ClF2N4O6. The van der Waals surface area contributed by atoms with Gasteiger partial charge in [0.1, 0.15) is 22.5 Å². The quantitative estimate of drug-likeness (QED) is 0.132. The smallest absolute Gasteiger partial charge is 0.419 e. The molecule has 0 saturated carbocycles. The second-order valence-electron chi connectivity index (χ2n) is 12.5. The van der Waals surface area contributed by atoms with Crippen molar-refractivity contribution in [3.05, 3.63) is 107 Å². The molecule has 0 fully saturated rings. The summed E-state index contributed by atoms with van der Waals surface area (Å²) >= 11 is 6.03. The predicted molar refractivity (Wildman–Crippen MR) is 177 cm³/mol. The molecule has 0 spiro atoms. The second kappa shape index (κ2) is 13.9. The van der Waals surface area contributed by atoms with Crippen molar-refractivity contribution in [2.75, 3.05) is 10.2 Å². The van der Waals surface area contributed by atoms with Crippen LogP contribution >= 0.6 is 11.6 Å². The average Bonchev–Trinajstić information content (AvgIpc) is 2.99. The number of anilines is 2. The number of hydrogen-bond donors (Lipinski definition) is 2. The molecule has 0 bridgehead atoms. The molecule has 0 unspecified atom stereocenters. The van der Waals surface area contributed by atoms with Crippen molar-refractivity contribution in [3.63, 3.8) is 0 Å². The lowest BCUT2D eigenvalue weighted by Crippen LogP contribution is -2.49. The van der Waals surface area contributed by atoms with Gasteiger partial charge in [-0.3, -0.25) is 14.4 Å². The van der Waals surface area contributed by atoms with Gasteiger partial charge in [-0.1, -0.05) is 54.6 Å². The van der Waals surface area contributed by atoms with Crippen molar-refractivity contribution in [1.82, 2.24) is 10.3 Å². The molecule has 1 aromatic heterocycles. The molecule has 4 amide bonds. The maximum Gasteiger partial charge on any atom is 0.419 e. The first-order valence-electron chi connectivity index (χ1n) is 14.8. The Hall–Kier alpha value is -5.10. The summed E-state index contributed by atoms with van der Waals surface area (Å²) in [6.45, 7) is 11.3. The Labute approximate surface area is 281 Å². The Morgan fingerprint density at radius 1 is 1.08 bits per heavy atom. The molecule has 0 saturated heterocycles. The van der Waals surface area contributed by atoms with E-state index in [0.717, 1.165) is 11.0 Å². The lowest BCUT2D eigenvalue weighted by atomic mass is 9.83. The van der Waals surface area contributed by atoms with Gasteiger partial charge < -0.3 is 20.1 Å². The van der Waals surface area contributed by atoms with E-state index in [1.807, 2.05) is 0 Å². The minimum Gasteiger partial charge on any atom is -0.444 e. The summed E-state index contributed by atoms with van der Waals surface area (Å²) in [5.74, 6) is -2.62. The maximum absolute atomic E-state index is 14.4. The fourth-order valence-corrected chi connectivity index (χ4v) is 5.02. The number of carbonyl (C=O) groups is 4. The number of nitrogens with zero attached hydrogens (tertiary/aromatic N) is 2. The van der Waals surface area contributed by atoms with Gasteiger partial charge in [-0.25, -0.2) is 14.7 Å². The van der Waals surface area contributed by atoms with Crippen LogP contribution in [0.4, 0.5) is 25.0 Å². The second-order valence-corrected chi connectivity index (χ2v) is 12.9. The Morgan fingerprint density at radius 2 is 1.77 bits per heavy atom. The van der Waals surface area contributed by atoms with E-state index in [9.17, 15) is 28.0 Å². The molecule has 0 radical (unpaired) electrons. The molecular weight excluding hydrogens is 646 g/mol. The number of ether oxygens (including phenoxy) is 2. The topological polar surface area (TPSA) is 127 Å². The molecule has 48 heavy (non-hydrogen) atoms. The summed E-state index contributed by atoms with van der Waals surface area (Å²) in [6.07, 6.45) is -1.30. The minimum absolute atomic E-state index is 0.0302. The Morgan fingerprint density at radius 3 is 2.40 bits per heavy atom. The van der Waals surface area contributed by atoms with Gasteiger partial charge in [-0.15, -0.1) is 0 Å². The number of halogens is 3. The summed E-state index contributed by atoms with van der Waals surface area (Å²) in [7, 11) is 0. The van der Waals surface area contributed by atoms with Crippen LogP contribution in [-0.4, -0.2) is 40.5 Å². The zero-order valence-electron chi connectivity index (χ0n) is 27.0. The number of nitrogens with one attached hydrogen (secondary N) is 2. The molecule has 1 atom stereocenters. The minimum atomic E-state index is -3.85. The van der Waals surface area contributed by atoms with E-state index >= 15 is 0 Å². The Bertz CT molecular complexity index is 1770. The average molecular weight is 681 g/mol. The number of pyridine rings is 1. The van der Waals surface area contributed by atoms with Crippen LogP contribution in [0.1, 0.15) is 51.8 Å². The van der Waals surface area contributed by atoms with Crippen LogP contribution in [0.2, 0.25) is 5.15 Å². The summed E-state index contributed by atoms with van der Waals surface area (Å²) in [5, 5.41) is 5.26. The van der Waals surface area contributed by atoms with Crippen LogP contribution in [0.25, 0.3) is 0 Å². The molecule has 252 valence electrons. The summed E-state index contributed by atoms with van der Waals surface area (Å²) in [6, 6.07) is 13.6. The van der Waals surface area contributed by atoms with Crippen LogP contribution in [0, 0.1) is 5.41 Å². The molecule has 2 heterocycles. The van der Waals surface area contributed by atoms with Crippen LogP contribution in [0.3, 0.4) is 0 Å². The first-order chi connectivity index (χ1) is 22.4. The third-order valence-electron chi connectivity index (χ3n) is 6.97. The van der Waals surface area contributed by atoms with Gasteiger partial charge in [-0.05, 0) is 76.1 Å². The molecule has 4 rings (SSSR count). The number of alkyl halides is 2. The fourth-order valence-electron chi connectivity index (χ4n) is 4.82. The van der Waals surface area contributed by atoms with E-state index in [1.165, 1.54) is 18.3 Å². The SMILES string of the molecule is C=CC(F)(F)Oc1ccc(N2C(=O)C(Cc3ccnc(Cl)c3)=CC(C)(C)C2=O)cc1NC(=O)[C@H](NC(=O)OC(C)(C)C)c1ccccc1. The van der Waals surface area contributed by atoms with Crippen molar-refractivity contribution in [2.24, 2.45) is 5.41 Å². The van der Waals surface area contributed by atoms with Crippen molar-refractivity contribution in [3.8, 4) is 5.75 Å². The van der Waals surface area contributed by atoms with E-state index < -0.39 is 52.7 Å². The molecule has 1 aliphatic rings. The van der Waals surface area contributed by atoms with Gasteiger partial charge in [0.05, 0.1) is 16.8 Å². The molecule has 3 aromatic rings. The number of amides is 4. The normalized spacial score (nSPS) is 15.2.